The molecule has 0 saturated heterocycles. The van der Waals surface area contributed by atoms with Gasteiger partial charge < -0.3 is 10.1 Å². The van der Waals surface area contributed by atoms with Gasteiger partial charge in [0.15, 0.2) is 5.82 Å². The SMILES string of the molecule is CC(=O)Nc1ccc(-n2nc(OCC(C)C)nc2-c2ccccc2F)cc1. The number of amides is 1. The molecule has 0 atom stereocenters. The molecule has 0 fully saturated rings. The molecule has 3 rings (SSSR count). The van der Waals surface area contributed by atoms with Gasteiger partial charge in [-0.05, 0) is 42.3 Å². The number of anilines is 1. The van der Waals surface area contributed by atoms with E-state index in [1.807, 2.05) is 13.8 Å². The van der Waals surface area contributed by atoms with E-state index in [9.17, 15) is 9.18 Å². The number of carbonyl (C=O) groups excluding carboxylic acids is 1. The van der Waals surface area contributed by atoms with Gasteiger partial charge in [-0.2, -0.15) is 4.98 Å². The number of ether oxygens (including phenoxy) is 1. The second kappa shape index (κ2) is 7.99. The molecule has 7 heteroatoms. The highest BCUT2D eigenvalue weighted by atomic mass is 19.1. The Hall–Kier alpha value is -3.22. The molecule has 0 bridgehead atoms. The van der Waals surface area contributed by atoms with E-state index >= 15 is 0 Å². The van der Waals surface area contributed by atoms with Crippen molar-refractivity contribution in [2.24, 2.45) is 5.92 Å². The van der Waals surface area contributed by atoms with Crippen LogP contribution in [0.15, 0.2) is 48.5 Å². The van der Waals surface area contributed by atoms with E-state index in [1.165, 1.54) is 17.7 Å². The Morgan fingerprint density at radius 1 is 1.19 bits per heavy atom. The Bertz CT molecular complexity index is 935. The highest BCUT2D eigenvalue weighted by Crippen LogP contribution is 2.26. The maximum atomic E-state index is 14.3. The van der Waals surface area contributed by atoms with E-state index in [4.69, 9.17) is 4.74 Å². The van der Waals surface area contributed by atoms with Crippen LogP contribution in [0.3, 0.4) is 0 Å². The van der Waals surface area contributed by atoms with Crippen molar-refractivity contribution < 1.29 is 13.9 Å². The van der Waals surface area contributed by atoms with Crippen LogP contribution in [0.5, 0.6) is 6.01 Å². The summed E-state index contributed by atoms with van der Waals surface area (Å²) in [6.07, 6.45) is 0. The minimum Gasteiger partial charge on any atom is -0.462 e. The molecule has 0 radical (unpaired) electrons. The summed E-state index contributed by atoms with van der Waals surface area (Å²) in [6.45, 7) is 5.95. The molecule has 1 aromatic heterocycles. The first-order valence-electron chi connectivity index (χ1n) is 8.67. The molecule has 27 heavy (non-hydrogen) atoms. The Labute approximate surface area is 157 Å². The lowest BCUT2D eigenvalue weighted by Gasteiger charge is -2.08. The van der Waals surface area contributed by atoms with E-state index in [2.05, 4.69) is 15.4 Å². The number of halogens is 1. The highest BCUT2D eigenvalue weighted by molar-refractivity contribution is 5.88. The normalized spacial score (nSPS) is 10.9. The molecule has 1 N–H and O–H groups in total. The van der Waals surface area contributed by atoms with Gasteiger partial charge >= 0.3 is 6.01 Å². The van der Waals surface area contributed by atoms with Gasteiger partial charge in [-0.1, -0.05) is 26.0 Å². The molecule has 2 aromatic carbocycles. The molecular formula is C20H21FN4O2. The number of hydrogen-bond donors (Lipinski definition) is 1. The van der Waals surface area contributed by atoms with Crippen LogP contribution in [0.25, 0.3) is 17.1 Å². The second-order valence-electron chi connectivity index (χ2n) is 6.54. The van der Waals surface area contributed by atoms with Crippen LogP contribution in [-0.4, -0.2) is 27.3 Å². The van der Waals surface area contributed by atoms with Crippen molar-refractivity contribution in [3.05, 3.63) is 54.3 Å². The van der Waals surface area contributed by atoms with Gasteiger partial charge in [0.1, 0.15) is 5.82 Å². The summed E-state index contributed by atoms with van der Waals surface area (Å²) in [6, 6.07) is 13.6. The van der Waals surface area contributed by atoms with Crippen LogP contribution in [0, 0.1) is 11.7 Å². The largest absolute Gasteiger partial charge is 0.462 e. The van der Waals surface area contributed by atoms with Crippen LogP contribution in [0.1, 0.15) is 20.8 Å². The van der Waals surface area contributed by atoms with Gasteiger partial charge in [-0.25, -0.2) is 9.07 Å². The molecule has 0 aliphatic carbocycles. The lowest BCUT2D eigenvalue weighted by molar-refractivity contribution is -0.114. The summed E-state index contributed by atoms with van der Waals surface area (Å²) in [5.74, 6) is 0.112. The first-order valence-corrected chi connectivity index (χ1v) is 8.67. The third-order valence-corrected chi connectivity index (χ3v) is 3.68. The summed E-state index contributed by atoms with van der Waals surface area (Å²) in [5.41, 5.74) is 1.67. The molecule has 140 valence electrons. The summed E-state index contributed by atoms with van der Waals surface area (Å²) < 4.78 is 21.5. The van der Waals surface area contributed by atoms with Crippen molar-refractivity contribution >= 4 is 11.6 Å². The van der Waals surface area contributed by atoms with E-state index in [0.717, 1.165) is 0 Å². The van der Waals surface area contributed by atoms with Crippen molar-refractivity contribution in [1.82, 2.24) is 14.8 Å². The second-order valence-corrected chi connectivity index (χ2v) is 6.54. The van der Waals surface area contributed by atoms with Gasteiger partial charge in [-0.3, -0.25) is 4.79 Å². The third-order valence-electron chi connectivity index (χ3n) is 3.68. The fourth-order valence-electron chi connectivity index (χ4n) is 2.48. The number of nitrogens with one attached hydrogen (secondary N) is 1. The zero-order valence-electron chi connectivity index (χ0n) is 15.4. The number of carbonyl (C=O) groups is 1. The van der Waals surface area contributed by atoms with Gasteiger partial charge in [-0.15, -0.1) is 5.10 Å². The average Bonchev–Trinajstić information content (AvgIpc) is 3.04. The van der Waals surface area contributed by atoms with E-state index in [1.54, 1.807) is 42.5 Å². The molecule has 3 aromatic rings. The van der Waals surface area contributed by atoms with Gasteiger partial charge in [0.2, 0.25) is 5.91 Å². The van der Waals surface area contributed by atoms with Gasteiger partial charge in [0.25, 0.3) is 0 Å². The molecular weight excluding hydrogens is 347 g/mol. The van der Waals surface area contributed by atoms with Crippen molar-refractivity contribution in [2.45, 2.75) is 20.8 Å². The standard InChI is InChI=1S/C20H21FN4O2/c1-13(2)12-27-20-23-19(17-6-4-5-7-18(17)21)25(24-20)16-10-8-15(9-11-16)22-14(3)26/h4-11,13H,12H2,1-3H3,(H,22,26). The zero-order chi connectivity index (χ0) is 19.4. The van der Waals surface area contributed by atoms with Gasteiger partial charge in [0, 0.05) is 12.6 Å². The smallest absolute Gasteiger partial charge is 0.336 e. The Balaban J connectivity index is 2.02. The van der Waals surface area contributed by atoms with E-state index in [0.29, 0.717) is 35.3 Å². The minimum atomic E-state index is -0.392. The summed E-state index contributed by atoms with van der Waals surface area (Å²) >= 11 is 0. The van der Waals surface area contributed by atoms with Crippen molar-refractivity contribution in [1.29, 1.82) is 0 Å². The number of aromatic nitrogens is 3. The van der Waals surface area contributed by atoms with Crippen molar-refractivity contribution in [3.63, 3.8) is 0 Å². The van der Waals surface area contributed by atoms with E-state index in [-0.39, 0.29) is 11.9 Å². The Morgan fingerprint density at radius 2 is 1.89 bits per heavy atom. The topological polar surface area (TPSA) is 69.0 Å². The third kappa shape index (κ3) is 4.49. The molecule has 0 aliphatic heterocycles. The quantitative estimate of drug-likeness (QED) is 0.712. The molecule has 6 nitrogen and oxygen atoms in total. The maximum Gasteiger partial charge on any atom is 0.336 e. The maximum absolute atomic E-state index is 14.3. The predicted octanol–water partition coefficient (Wildman–Crippen LogP) is 4.07. The van der Waals surface area contributed by atoms with Crippen LogP contribution >= 0.6 is 0 Å². The summed E-state index contributed by atoms with van der Waals surface area (Å²) in [4.78, 5) is 15.6. The van der Waals surface area contributed by atoms with Crippen LogP contribution in [0.2, 0.25) is 0 Å². The molecule has 0 unspecified atom stereocenters. The molecule has 0 saturated carbocycles. The average molecular weight is 368 g/mol. The molecule has 0 spiro atoms. The first-order chi connectivity index (χ1) is 12.9. The minimum absolute atomic E-state index is 0.153. The Morgan fingerprint density at radius 3 is 2.52 bits per heavy atom. The number of nitrogens with zero attached hydrogens (tertiary/aromatic N) is 3. The number of rotatable bonds is 6. The lowest BCUT2D eigenvalue weighted by Crippen LogP contribution is -2.07. The van der Waals surface area contributed by atoms with Gasteiger partial charge in [0.05, 0.1) is 17.9 Å². The fraction of sp³-hybridized carbons (Fsp3) is 0.250. The molecule has 0 aliphatic rings. The van der Waals surface area contributed by atoms with Crippen LogP contribution in [0.4, 0.5) is 10.1 Å². The van der Waals surface area contributed by atoms with Crippen LogP contribution < -0.4 is 10.1 Å². The fourth-order valence-corrected chi connectivity index (χ4v) is 2.48. The van der Waals surface area contributed by atoms with Crippen LogP contribution in [-0.2, 0) is 4.79 Å². The van der Waals surface area contributed by atoms with E-state index < -0.39 is 5.82 Å². The number of benzene rings is 2. The highest BCUT2D eigenvalue weighted by Gasteiger charge is 2.18. The molecule has 1 amide bonds. The number of hydrogen-bond acceptors (Lipinski definition) is 4. The lowest BCUT2D eigenvalue weighted by atomic mass is 10.2. The first kappa shape index (κ1) is 18.6. The van der Waals surface area contributed by atoms with Crippen molar-refractivity contribution in [2.75, 3.05) is 11.9 Å². The predicted molar refractivity (Wildman–Crippen MR) is 101 cm³/mol. The zero-order valence-corrected chi connectivity index (χ0v) is 15.4. The summed E-state index contributed by atoms with van der Waals surface area (Å²) in [5, 5.41) is 7.10. The Kier molecular flexibility index (Phi) is 5.49. The molecule has 1 heterocycles. The summed E-state index contributed by atoms with van der Waals surface area (Å²) in [7, 11) is 0. The monoisotopic (exact) mass is 368 g/mol. The van der Waals surface area contributed by atoms with Crippen molar-refractivity contribution in [3.8, 4) is 23.1 Å².